The van der Waals surface area contributed by atoms with Crippen LogP contribution in [0.5, 0.6) is 0 Å². The Kier molecular flexibility index (Phi) is 6.91. The number of rotatable bonds is 6. The van der Waals surface area contributed by atoms with E-state index in [1.165, 1.54) is 28.6 Å². The lowest BCUT2D eigenvalue weighted by molar-refractivity contribution is -0.121. The van der Waals surface area contributed by atoms with Gasteiger partial charge in [-0.05, 0) is 35.4 Å². The summed E-state index contributed by atoms with van der Waals surface area (Å²) in [6.45, 7) is 2.66. The number of nitrogens with one attached hydrogen (secondary N) is 1. The fraction of sp³-hybridized carbons (Fsp3) is 0.310. The highest BCUT2D eigenvalue weighted by molar-refractivity contribution is 7.13. The van der Waals surface area contributed by atoms with Gasteiger partial charge in [0.15, 0.2) is 11.2 Å². The summed E-state index contributed by atoms with van der Waals surface area (Å²) in [5.74, 6) is -1.64. The zero-order valence-corrected chi connectivity index (χ0v) is 23.8. The van der Waals surface area contributed by atoms with Crippen LogP contribution in [0.3, 0.4) is 0 Å². The fourth-order valence-corrected chi connectivity index (χ4v) is 6.73. The van der Waals surface area contributed by atoms with E-state index in [1.807, 2.05) is 12.1 Å². The van der Waals surface area contributed by atoms with Crippen LogP contribution >= 0.6 is 22.9 Å². The minimum atomic E-state index is -1.21. The van der Waals surface area contributed by atoms with Gasteiger partial charge in [0.05, 0.1) is 49.0 Å². The number of amides is 2. The van der Waals surface area contributed by atoms with E-state index < -0.39 is 29.8 Å². The summed E-state index contributed by atoms with van der Waals surface area (Å²) in [6, 6.07) is 7.30. The predicted molar refractivity (Wildman–Crippen MR) is 154 cm³/mol. The van der Waals surface area contributed by atoms with E-state index in [0.717, 1.165) is 18.8 Å². The predicted octanol–water partition coefficient (Wildman–Crippen LogP) is 4.87. The summed E-state index contributed by atoms with van der Waals surface area (Å²) >= 11 is 7.86. The quantitative estimate of drug-likeness (QED) is 0.335. The van der Waals surface area contributed by atoms with Gasteiger partial charge >= 0.3 is 0 Å². The molecule has 2 amide bonds. The number of halogens is 3. The van der Waals surface area contributed by atoms with Gasteiger partial charge in [0, 0.05) is 47.9 Å². The van der Waals surface area contributed by atoms with Gasteiger partial charge in [-0.1, -0.05) is 17.7 Å². The maximum atomic E-state index is 15.6. The number of thiazole rings is 1. The van der Waals surface area contributed by atoms with Crippen molar-refractivity contribution in [3.8, 4) is 11.1 Å². The van der Waals surface area contributed by atoms with Crippen LogP contribution in [0, 0.1) is 5.82 Å². The summed E-state index contributed by atoms with van der Waals surface area (Å²) in [5.41, 5.74) is 3.17. The van der Waals surface area contributed by atoms with Crippen molar-refractivity contribution < 1.29 is 23.1 Å². The van der Waals surface area contributed by atoms with E-state index in [2.05, 4.69) is 20.2 Å². The van der Waals surface area contributed by atoms with E-state index in [0.29, 0.717) is 40.2 Å². The third-order valence-corrected chi connectivity index (χ3v) is 8.91. The van der Waals surface area contributed by atoms with Crippen molar-refractivity contribution in [2.24, 2.45) is 0 Å². The number of imidazole rings is 1. The van der Waals surface area contributed by atoms with Gasteiger partial charge in [-0.15, -0.1) is 11.3 Å². The smallest absolute Gasteiger partial charge is 0.255 e. The van der Waals surface area contributed by atoms with Crippen LogP contribution in [-0.4, -0.2) is 63.7 Å². The molecule has 9 nitrogen and oxygen atoms in total. The van der Waals surface area contributed by atoms with E-state index in [1.54, 1.807) is 28.3 Å². The van der Waals surface area contributed by atoms with Crippen molar-refractivity contribution in [2.75, 3.05) is 36.5 Å². The number of anilines is 2. The van der Waals surface area contributed by atoms with Crippen LogP contribution in [0.2, 0.25) is 5.02 Å². The zero-order valence-electron chi connectivity index (χ0n) is 22.2. The number of hydrogen-bond acceptors (Lipinski definition) is 7. The first-order valence-corrected chi connectivity index (χ1v) is 14.8. The maximum absolute atomic E-state index is 15.6. The Balaban J connectivity index is 1.22. The van der Waals surface area contributed by atoms with Crippen LogP contribution in [0.15, 0.2) is 48.2 Å². The second-order valence-electron chi connectivity index (χ2n) is 10.4. The molecule has 216 valence electrons. The highest BCUT2D eigenvalue weighted by Crippen LogP contribution is 2.39. The summed E-state index contributed by atoms with van der Waals surface area (Å²) in [4.78, 5) is 39.5. The standard InChI is InChI=1S/C29H25ClF2N6O3S/c30-21-10-16(1-2-23(21)36-4-6-41-7-5-36)17-9-19-20(22(32)11-17)14-38(28(19)40)26(27(39)35-29-33-3-8-42-29)25-24-12-18(31)13-37(24)15-34-25/h1-3,8-11,15,18,26H,4-7,12-14H2,(H,33,35,39)/t18-,26?/m1/s1. The topological polar surface area (TPSA) is 92.6 Å². The lowest BCUT2D eigenvalue weighted by atomic mass is 9.99. The van der Waals surface area contributed by atoms with Gasteiger partial charge in [0.1, 0.15) is 12.0 Å². The van der Waals surface area contributed by atoms with Gasteiger partial charge in [0.2, 0.25) is 0 Å². The van der Waals surface area contributed by atoms with Crippen LogP contribution < -0.4 is 10.2 Å². The molecule has 2 atom stereocenters. The van der Waals surface area contributed by atoms with Crippen LogP contribution in [-0.2, 0) is 29.0 Å². The molecule has 0 saturated carbocycles. The van der Waals surface area contributed by atoms with Gasteiger partial charge in [-0.25, -0.2) is 18.7 Å². The van der Waals surface area contributed by atoms with Gasteiger partial charge in [-0.3, -0.25) is 14.9 Å². The Morgan fingerprint density at radius 2 is 2.00 bits per heavy atom. The molecule has 1 saturated heterocycles. The highest BCUT2D eigenvalue weighted by Gasteiger charge is 2.42. The molecule has 3 aliphatic heterocycles. The number of fused-ring (bicyclic) bond motifs is 2. The minimum Gasteiger partial charge on any atom is -0.378 e. The van der Waals surface area contributed by atoms with Crippen molar-refractivity contribution in [1.29, 1.82) is 0 Å². The number of carbonyl (C=O) groups is 2. The molecule has 0 bridgehead atoms. The highest BCUT2D eigenvalue weighted by atomic mass is 35.5. The van der Waals surface area contributed by atoms with E-state index in [9.17, 15) is 14.0 Å². The second-order valence-corrected chi connectivity index (χ2v) is 11.7. The van der Waals surface area contributed by atoms with Gasteiger partial charge < -0.3 is 19.1 Å². The average Bonchev–Trinajstić information content (AvgIpc) is 3.77. The van der Waals surface area contributed by atoms with E-state index in [-0.39, 0.29) is 36.3 Å². The first-order chi connectivity index (χ1) is 20.4. The Labute approximate surface area is 248 Å². The molecule has 5 heterocycles. The number of carbonyl (C=O) groups excluding carboxylic acids is 2. The molecule has 2 aromatic heterocycles. The second kappa shape index (κ2) is 10.8. The lowest BCUT2D eigenvalue weighted by Gasteiger charge is -2.29. The van der Waals surface area contributed by atoms with Gasteiger partial charge in [-0.2, -0.15) is 0 Å². The molecule has 1 fully saturated rings. The number of aromatic nitrogens is 3. The lowest BCUT2D eigenvalue weighted by Crippen LogP contribution is -2.38. The molecule has 3 aliphatic rings. The summed E-state index contributed by atoms with van der Waals surface area (Å²) in [6.07, 6.45) is 1.98. The Morgan fingerprint density at radius 1 is 1.17 bits per heavy atom. The molecule has 4 aromatic rings. The molecule has 0 spiro atoms. The molecule has 0 radical (unpaired) electrons. The number of benzene rings is 2. The molecule has 1 N–H and O–H groups in total. The average molecular weight is 611 g/mol. The molecule has 1 unspecified atom stereocenters. The molecule has 2 aromatic carbocycles. The van der Waals surface area contributed by atoms with E-state index >= 15 is 4.39 Å². The maximum Gasteiger partial charge on any atom is 0.255 e. The summed E-state index contributed by atoms with van der Waals surface area (Å²) in [5, 5.41) is 5.31. The van der Waals surface area contributed by atoms with Crippen molar-refractivity contribution in [3.63, 3.8) is 0 Å². The largest absolute Gasteiger partial charge is 0.378 e. The van der Waals surface area contributed by atoms with Crippen molar-refractivity contribution in [2.45, 2.75) is 31.7 Å². The number of alkyl halides is 1. The number of hydrogen-bond donors (Lipinski definition) is 1. The monoisotopic (exact) mass is 610 g/mol. The Bertz CT molecular complexity index is 1690. The summed E-state index contributed by atoms with van der Waals surface area (Å²) < 4.78 is 37.0. The van der Waals surface area contributed by atoms with E-state index in [4.69, 9.17) is 16.3 Å². The zero-order chi connectivity index (χ0) is 29.0. The van der Waals surface area contributed by atoms with Crippen molar-refractivity contribution in [1.82, 2.24) is 19.4 Å². The molecule has 0 aliphatic carbocycles. The first-order valence-electron chi connectivity index (χ1n) is 13.5. The van der Waals surface area contributed by atoms with Crippen molar-refractivity contribution >= 4 is 45.6 Å². The SMILES string of the molecule is O=C(Nc1nccs1)C(c1ncn2c1C[C@@H](F)C2)N1Cc2c(F)cc(-c3ccc(N4CCOCC4)c(Cl)c3)cc2C1=O. The molecular formula is C29H25ClF2N6O3S. The van der Waals surface area contributed by atoms with Crippen LogP contribution in [0.25, 0.3) is 11.1 Å². The molecule has 7 rings (SSSR count). The summed E-state index contributed by atoms with van der Waals surface area (Å²) in [7, 11) is 0. The number of ether oxygens (including phenoxy) is 1. The van der Waals surface area contributed by atoms with Gasteiger partial charge in [0.25, 0.3) is 11.8 Å². The minimum absolute atomic E-state index is 0.0745. The Morgan fingerprint density at radius 3 is 2.76 bits per heavy atom. The van der Waals surface area contributed by atoms with Crippen LogP contribution in [0.1, 0.15) is 33.4 Å². The third-order valence-electron chi connectivity index (χ3n) is 7.92. The molecular weight excluding hydrogens is 586 g/mol. The van der Waals surface area contributed by atoms with Crippen molar-refractivity contribution in [3.05, 3.63) is 81.6 Å². The van der Waals surface area contributed by atoms with Crippen LogP contribution in [0.4, 0.5) is 19.6 Å². The number of morpholine rings is 1. The fourth-order valence-electron chi connectivity index (χ4n) is 5.90. The molecule has 13 heteroatoms. The normalized spacial score (nSPS) is 18.7. The number of nitrogens with zero attached hydrogens (tertiary/aromatic N) is 5. The Hall–Kier alpha value is -3.87. The third kappa shape index (κ3) is 4.73. The molecule has 42 heavy (non-hydrogen) atoms. The first kappa shape index (κ1) is 27.0.